The van der Waals surface area contributed by atoms with Gasteiger partial charge in [0, 0.05) is 4.47 Å². The van der Waals surface area contributed by atoms with Gasteiger partial charge in [-0.1, -0.05) is 15.9 Å². The number of halogens is 4. The lowest BCUT2D eigenvalue weighted by Gasteiger charge is -2.13. The maximum Gasteiger partial charge on any atom is 0.416 e. The molecular formula is C12H9BrF3NO2. The molecule has 1 rings (SSSR count). The number of alkyl halides is 3. The van der Waals surface area contributed by atoms with Crippen LogP contribution in [-0.4, -0.2) is 12.6 Å². The monoisotopic (exact) mass is 335 g/mol. The van der Waals surface area contributed by atoms with Gasteiger partial charge in [-0.3, -0.25) is 4.79 Å². The normalized spacial score (nSPS) is 12.6. The predicted molar refractivity (Wildman–Crippen MR) is 64.1 cm³/mol. The van der Waals surface area contributed by atoms with Gasteiger partial charge in [0.15, 0.2) is 5.92 Å². The minimum Gasteiger partial charge on any atom is -0.465 e. The maximum atomic E-state index is 12.6. The third-order valence-electron chi connectivity index (χ3n) is 2.23. The smallest absolute Gasteiger partial charge is 0.416 e. The molecule has 0 amide bonds. The van der Waals surface area contributed by atoms with Crippen LogP contribution in [0, 0.1) is 11.3 Å². The molecule has 102 valence electrons. The van der Waals surface area contributed by atoms with Crippen molar-refractivity contribution in [3.05, 3.63) is 33.8 Å². The van der Waals surface area contributed by atoms with Crippen LogP contribution in [0.15, 0.2) is 22.7 Å². The second-order valence-electron chi connectivity index (χ2n) is 3.59. The number of esters is 1. The van der Waals surface area contributed by atoms with Crippen molar-refractivity contribution in [3.8, 4) is 6.07 Å². The van der Waals surface area contributed by atoms with Crippen molar-refractivity contribution >= 4 is 21.9 Å². The first-order chi connectivity index (χ1) is 8.79. The van der Waals surface area contributed by atoms with Gasteiger partial charge in [-0.2, -0.15) is 18.4 Å². The summed E-state index contributed by atoms with van der Waals surface area (Å²) in [6, 6.07) is 4.59. The number of nitriles is 1. The number of hydrogen-bond acceptors (Lipinski definition) is 3. The van der Waals surface area contributed by atoms with Crippen LogP contribution < -0.4 is 0 Å². The van der Waals surface area contributed by atoms with Crippen molar-refractivity contribution < 1.29 is 22.7 Å². The van der Waals surface area contributed by atoms with Crippen LogP contribution in [0.5, 0.6) is 0 Å². The molecule has 0 saturated carbocycles. The molecular weight excluding hydrogens is 327 g/mol. The Morgan fingerprint density at radius 3 is 2.58 bits per heavy atom. The number of carbonyl (C=O) groups excluding carboxylic acids is 1. The van der Waals surface area contributed by atoms with Crippen molar-refractivity contribution in [2.45, 2.75) is 19.0 Å². The SMILES string of the molecule is CCOC(=O)C(C#N)c1cc(Br)cc(C(F)(F)F)c1. The number of benzene rings is 1. The summed E-state index contributed by atoms with van der Waals surface area (Å²) in [6.45, 7) is 1.60. The minimum absolute atomic E-state index is 0.0527. The highest BCUT2D eigenvalue weighted by molar-refractivity contribution is 9.10. The standard InChI is InChI=1S/C12H9BrF3NO2/c1-2-19-11(18)10(6-17)7-3-8(12(14,15)16)5-9(13)4-7/h3-5,10H,2H2,1H3. The third kappa shape index (κ3) is 3.96. The van der Waals surface area contributed by atoms with Gasteiger partial charge in [-0.15, -0.1) is 0 Å². The Labute approximate surface area is 116 Å². The average Bonchev–Trinajstić information content (AvgIpc) is 2.28. The van der Waals surface area contributed by atoms with Gasteiger partial charge >= 0.3 is 12.1 Å². The Bertz CT molecular complexity index is 523. The quantitative estimate of drug-likeness (QED) is 0.792. The van der Waals surface area contributed by atoms with Crippen LogP contribution in [0.1, 0.15) is 24.0 Å². The van der Waals surface area contributed by atoms with Gasteiger partial charge < -0.3 is 4.74 Å². The lowest BCUT2D eigenvalue weighted by atomic mass is 9.98. The third-order valence-corrected chi connectivity index (χ3v) is 2.69. The highest BCUT2D eigenvalue weighted by Crippen LogP contribution is 2.33. The molecule has 19 heavy (non-hydrogen) atoms. The van der Waals surface area contributed by atoms with Gasteiger partial charge in [0.05, 0.1) is 18.2 Å². The zero-order chi connectivity index (χ0) is 14.6. The minimum atomic E-state index is -4.55. The van der Waals surface area contributed by atoms with Crippen LogP contribution in [0.4, 0.5) is 13.2 Å². The van der Waals surface area contributed by atoms with E-state index in [4.69, 9.17) is 5.26 Å². The fourth-order valence-corrected chi connectivity index (χ4v) is 1.94. The van der Waals surface area contributed by atoms with Crippen molar-refractivity contribution in [1.29, 1.82) is 5.26 Å². The van der Waals surface area contributed by atoms with Crippen LogP contribution >= 0.6 is 15.9 Å². The number of ether oxygens (including phenoxy) is 1. The molecule has 0 heterocycles. The summed E-state index contributed by atoms with van der Waals surface area (Å²) in [6.07, 6.45) is -4.55. The topological polar surface area (TPSA) is 50.1 Å². The van der Waals surface area contributed by atoms with E-state index in [1.54, 1.807) is 13.0 Å². The second-order valence-corrected chi connectivity index (χ2v) is 4.50. The zero-order valence-electron chi connectivity index (χ0n) is 9.79. The molecule has 0 bridgehead atoms. The van der Waals surface area contributed by atoms with Gasteiger partial charge in [-0.25, -0.2) is 0 Å². The number of nitrogens with zero attached hydrogens (tertiary/aromatic N) is 1. The molecule has 0 spiro atoms. The van der Waals surface area contributed by atoms with E-state index in [1.807, 2.05) is 0 Å². The first-order valence-corrected chi connectivity index (χ1v) is 6.02. The van der Waals surface area contributed by atoms with E-state index in [-0.39, 0.29) is 16.6 Å². The average molecular weight is 336 g/mol. The molecule has 0 aliphatic rings. The van der Waals surface area contributed by atoms with E-state index in [1.165, 1.54) is 6.07 Å². The Hall–Kier alpha value is -1.55. The Kier molecular flexibility index (Phi) is 4.95. The van der Waals surface area contributed by atoms with E-state index < -0.39 is 23.6 Å². The molecule has 1 aromatic carbocycles. The highest BCUT2D eigenvalue weighted by Gasteiger charge is 2.33. The molecule has 0 aliphatic carbocycles. The van der Waals surface area contributed by atoms with Crippen molar-refractivity contribution in [2.24, 2.45) is 0 Å². The van der Waals surface area contributed by atoms with E-state index in [9.17, 15) is 18.0 Å². The van der Waals surface area contributed by atoms with E-state index >= 15 is 0 Å². The first kappa shape index (κ1) is 15.5. The molecule has 0 radical (unpaired) electrons. The predicted octanol–water partition coefficient (Wildman–Crippen LogP) is 3.64. The largest absolute Gasteiger partial charge is 0.465 e. The summed E-state index contributed by atoms with van der Waals surface area (Å²) in [5.41, 5.74) is -0.982. The van der Waals surface area contributed by atoms with E-state index in [0.717, 1.165) is 12.1 Å². The molecule has 7 heteroatoms. The molecule has 3 nitrogen and oxygen atoms in total. The molecule has 1 unspecified atom stereocenters. The zero-order valence-corrected chi connectivity index (χ0v) is 11.4. The highest BCUT2D eigenvalue weighted by atomic mass is 79.9. The number of carbonyl (C=O) groups is 1. The summed E-state index contributed by atoms with van der Waals surface area (Å²) in [7, 11) is 0. The van der Waals surface area contributed by atoms with Crippen molar-refractivity contribution in [3.63, 3.8) is 0 Å². The van der Waals surface area contributed by atoms with Gasteiger partial charge in [0.1, 0.15) is 0 Å². The Balaban J connectivity index is 3.23. The molecule has 0 aromatic heterocycles. The Morgan fingerprint density at radius 2 is 2.11 bits per heavy atom. The van der Waals surface area contributed by atoms with Crippen LogP contribution in [0.2, 0.25) is 0 Å². The van der Waals surface area contributed by atoms with Gasteiger partial charge in [0.25, 0.3) is 0 Å². The summed E-state index contributed by atoms with van der Waals surface area (Å²) < 4.78 is 42.7. The fourth-order valence-electron chi connectivity index (χ4n) is 1.43. The fraction of sp³-hybridized carbons (Fsp3) is 0.333. The molecule has 0 aliphatic heterocycles. The summed E-state index contributed by atoms with van der Waals surface area (Å²) in [5, 5.41) is 8.91. The Morgan fingerprint density at radius 1 is 1.47 bits per heavy atom. The van der Waals surface area contributed by atoms with Crippen molar-refractivity contribution in [1.82, 2.24) is 0 Å². The summed E-state index contributed by atoms with van der Waals surface area (Å²) in [4.78, 5) is 11.5. The maximum absolute atomic E-state index is 12.6. The second kappa shape index (κ2) is 6.06. The molecule has 1 atom stereocenters. The van der Waals surface area contributed by atoms with Crippen LogP contribution in [0.25, 0.3) is 0 Å². The lowest BCUT2D eigenvalue weighted by Crippen LogP contribution is -2.15. The van der Waals surface area contributed by atoms with E-state index in [0.29, 0.717) is 0 Å². The van der Waals surface area contributed by atoms with Gasteiger partial charge in [0.2, 0.25) is 0 Å². The molecule has 0 saturated heterocycles. The number of rotatable bonds is 3. The molecule has 0 N–H and O–H groups in total. The lowest BCUT2D eigenvalue weighted by molar-refractivity contribution is -0.144. The summed E-state index contributed by atoms with van der Waals surface area (Å²) >= 11 is 2.93. The van der Waals surface area contributed by atoms with Crippen LogP contribution in [0.3, 0.4) is 0 Å². The number of hydrogen-bond donors (Lipinski definition) is 0. The van der Waals surface area contributed by atoms with Crippen LogP contribution in [-0.2, 0) is 15.7 Å². The first-order valence-electron chi connectivity index (χ1n) is 5.23. The van der Waals surface area contributed by atoms with E-state index in [2.05, 4.69) is 20.7 Å². The molecule has 1 aromatic rings. The summed E-state index contributed by atoms with van der Waals surface area (Å²) in [5.74, 6) is -2.24. The molecule has 0 fully saturated rings. The van der Waals surface area contributed by atoms with Crippen molar-refractivity contribution in [2.75, 3.05) is 6.61 Å². The van der Waals surface area contributed by atoms with Gasteiger partial charge in [-0.05, 0) is 30.7 Å².